The zero-order valence-electron chi connectivity index (χ0n) is 5.67. The molecule has 0 heterocycles. The third-order valence-corrected chi connectivity index (χ3v) is 1.27. The first-order chi connectivity index (χ1) is 5.57. The lowest BCUT2D eigenvalue weighted by molar-refractivity contribution is 0.395. The summed E-state index contributed by atoms with van der Waals surface area (Å²) in [5.74, 6) is -4.64. The van der Waals surface area contributed by atoms with Crippen LogP contribution in [0.2, 0.25) is 0 Å². The Balaban J connectivity index is 3.56. The van der Waals surface area contributed by atoms with Crippen LogP contribution in [0, 0.1) is 23.0 Å². The third-order valence-electron chi connectivity index (χ3n) is 1.27. The molecule has 0 aliphatic rings. The molecule has 0 saturated heterocycles. The van der Waals surface area contributed by atoms with Gasteiger partial charge in [0.15, 0.2) is 23.1 Å². The Morgan fingerprint density at radius 1 is 1.17 bits per heavy atom. The lowest BCUT2D eigenvalue weighted by Gasteiger charge is -2.00. The van der Waals surface area contributed by atoms with Crippen molar-refractivity contribution < 1.29 is 19.0 Å². The first-order valence-corrected chi connectivity index (χ1v) is 2.88. The van der Waals surface area contributed by atoms with E-state index in [0.717, 1.165) is 0 Å². The number of hydrogen-bond acceptors (Lipinski definition) is 3. The van der Waals surface area contributed by atoms with Crippen molar-refractivity contribution in [2.75, 3.05) is 0 Å². The van der Waals surface area contributed by atoms with Gasteiger partial charge in [0.1, 0.15) is 11.6 Å². The van der Waals surface area contributed by atoms with Crippen molar-refractivity contribution in [3.63, 3.8) is 0 Å². The fourth-order valence-electron chi connectivity index (χ4n) is 0.707. The summed E-state index contributed by atoms with van der Waals surface area (Å²) in [5.41, 5.74) is -0.993. The second kappa shape index (κ2) is 2.66. The average Bonchev–Trinajstić information content (AvgIpc) is 2.02. The number of nitrogens with zero attached hydrogens (tertiary/aromatic N) is 1. The number of halogens is 2. The highest BCUT2D eigenvalue weighted by Gasteiger charge is 2.17. The molecule has 0 spiro atoms. The number of aromatic hydroxyl groups is 2. The van der Waals surface area contributed by atoms with E-state index < -0.39 is 28.7 Å². The van der Waals surface area contributed by atoms with Gasteiger partial charge in [-0.15, -0.1) is 0 Å². The number of rotatable bonds is 0. The van der Waals surface area contributed by atoms with Gasteiger partial charge in [0, 0.05) is 6.07 Å². The van der Waals surface area contributed by atoms with E-state index in [-0.39, 0.29) is 0 Å². The van der Waals surface area contributed by atoms with Crippen molar-refractivity contribution in [3.05, 3.63) is 23.3 Å². The highest BCUT2D eigenvalue weighted by Crippen LogP contribution is 2.28. The summed E-state index contributed by atoms with van der Waals surface area (Å²) < 4.78 is 25.2. The molecular weight excluding hydrogens is 168 g/mol. The molecule has 0 aromatic heterocycles. The summed E-state index contributed by atoms with van der Waals surface area (Å²) in [6, 6.07) is 1.67. The second-order valence-corrected chi connectivity index (χ2v) is 2.03. The number of phenols is 2. The van der Waals surface area contributed by atoms with E-state index in [1.807, 2.05) is 0 Å². The van der Waals surface area contributed by atoms with Gasteiger partial charge in [0.05, 0.1) is 0 Å². The second-order valence-electron chi connectivity index (χ2n) is 2.03. The third kappa shape index (κ3) is 1.03. The Bertz CT molecular complexity index is 344. The van der Waals surface area contributed by atoms with Crippen LogP contribution >= 0.6 is 0 Å². The first kappa shape index (κ1) is 8.27. The summed E-state index contributed by atoms with van der Waals surface area (Å²) in [4.78, 5) is 0. The Kier molecular flexibility index (Phi) is 1.83. The van der Waals surface area contributed by atoms with Crippen LogP contribution in [-0.2, 0) is 0 Å². The molecule has 12 heavy (non-hydrogen) atoms. The molecule has 3 nitrogen and oxygen atoms in total. The van der Waals surface area contributed by atoms with Gasteiger partial charge in [-0.25, -0.2) is 8.78 Å². The zero-order valence-corrected chi connectivity index (χ0v) is 5.67. The van der Waals surface area contributed by atoms with Gasteiger partial charge < -0.3 is 10.2 Å². The van der Waals surface area contributed by atoms with Gasteiger partial charge in [0.2, 0.25) is 0 Å². The van der Waals surface area contributed by atoms with Crippen molar-refractivity contribution in [2.24, 2.45) is 0 Å². The Morgan fingerprint density at radius 3 is 1.92 bits per heavy atom. The fourth-order valence-corrected chi connectivity index (χ4v) is 0.707. The standard InChI is InChI=1S/C7H3F2NO2/c8-6-3(2-10)7(9)5(12)1-4(6)11/h1,11-12H. The van der Waals surface area contributed by atoms with Crippen LogP contribution in [0.3, 0.4) is 0 Å². The highest BCUT2D eigenvalue weighted by molar-refractivity contribution is 5.45. The number of hydrogen-bond donors (Lipinski definition) is 2. The van der Waals surface area contributed by atoms with Crippen LogP contribution in [0.15, 0.2) is 6.07 Å². The summed E-state index contributed by atoms with van der Waals surface area (Å²) >= 11 is 0. The molecule has 0 fully saturated rings. The molecule has 2 N–H and O–H groups in total. The van der Waals surface area contributed by atoms with Gasteiger partial charge in [0.25, 0.3) is 0 Å². The van der Waals surface area contributed by atoms with Gasteiger partial charge in [-0.05, 0) is 0 Å². The molecule has 0 radical (unpaired) electrons. The minimum absolute atomic E-state index is 0.492. The Hall–Kier alpha value is -1.83. The lowest BCUT2D eigenvalue weighted by atomic mass is 10.2. The van der Waals surface area contributed by atoms with Crippen molar-refractivity contribution >= 4 is 0 Å². The summed E-state index contributed by atoms with van der Waals surface area (Å²) in [5, 5.41) is 25.6. The van der Waals surface area contributed by atoms with E-state index >= 15 is 0 Å². The van der Waals surface area contributed by atoms with Gasteiger partial charge in [-0.3, -0.25) is 0 Å². The lowest BCUT2D eigenvalue weighted by Crippen LogP contribution is -1.90. The van der Waals surface area contributed by atoms with Crippen LogP contribution < -0.4 is 0 Å². The minimum Gasteiger partial charge on any atom is -0.505 e. The molecule has 0 unspecified atom stereocenters. The topological polar surface area (TPSA) is 64.2 Å². The van der Waals surface area contributed by atoms with Crippen molar-refractivity contribution in [2.45, 2.75) is 0 Å². The normalized spacial score (nSPS) is 9.42. The van der Waals surface area contributed by atoms with E-state index in [2.05, 4.69) is 0 Å². The first-order valence-electron chi connectivity index (χ1n) is 2.88. The maximum Gasteiger partial charge on any atom is 0.185 e. The average molecular weight is 171 g/mol. The van der Waals surface area contributed by atoms with Gasteiger partial charge >= 0.3 is 0 Å². The fraction of sp³-hybridized carbons (Fsp3) is 0. The molecule has 0 atom stereocenters. The molecule has 0 bridgehead atoms. The van der Waals surface area contributed by atoms with E-state index in [1.54, 1.807) is 0 Å². The SMILES string of the molecule is N#Cc1c(F)c(O)cc(O)c1F. The predicted octanol–water partition coefficient (Wildman–Crippen LogP) is 1.25. The number of benzene rings is 1. The smallest absolute Gasteiger partial charge is 0.185 e. The molecule has 0 aliphatic heterocycles. The Morgan fingerprint density at radius 2 is 1.58 bits per heavy atom. The van der Waals surface area contributed by atoms with E-state index in [0.29, 0.717) is 6.07 Å². The number of nitriles is 1. The van der Waals surface area contributed by atoms with E-state index in [4.69, 9.17) is 15.5 Å². The molecule has 0 amide bonds. The predicted molar refractivity (Wildman–Crippen MR) is 34.4 cm³/mol. The Labute approximate surface area is 66.1 Å². The van der Waals surface area contributed by atoms with Crippen LogP contribution in [0.4, 0.5) is 8.78 Å². The quantitative estimate of drug-likeness (QED) is 0.617. The summed E-state index contributed by atoms with van der Waals surface area (Å²) in [6.07, 6.45) is 0. The molecule has 1 aromatic carbocycles. The van der Waals surface area contributed by atoms with Crippen molar-refractivity contribution in [1.82, 2.24) is 0 Å². The van der Waals surface area contributed by atoms with Gasteiger partial charge in [-0.2, -0.15) is 5.26 Å². The van der Waals surface area contributed by atoms with Gasteiger partial charge in [-0.1, -0.05) is 0 Å². The summed E-state index contributed by atoms with van der Waals surface area (Å²) in [7, 11) is 0. The monoisotopic (exact) mass is 171 g/mol. The maximum absolute atomic E-state index is 12.6. The molecule has 0 saturated carbocycles. The van der Waals surface area contributed by atoms with Crippen molar-refractivity contribution in [1.29, 1.82) is 5.26 Å². The summed E-state index contributed by atoms with van der Waals surface area (Å²) in [6.45, 7) is 0. The minimum atomic E-state index is -1.37. The molecule has 0 aliphatic carbocycles. The molecule has 62 valence electrons. The molecule has 1 rings (SSSR count). The zero-order chi connectivity index (χ0) is 9.30. The largest absolute Gasteiger partial charge is 0.505 e. The molecular formula is C7H3F2NO2. The highest BCUT2D eigenvalue weighted by atomic mass is 19.1. The van der Waals surface area contributed by atoms with Crippen LogP contribution in [-0.4, -0.2) is 10.2 Å². The number of phenolic OH excluding ortho intramolecular Hbond substituents is 2. The van der Waals surface area contributed by atoms with Crippen LogP contribution in [0.5, 0.6) is 11.5 Å². The van der Waals surface area contributed by atoms with Crippen LogP contribution in [0.25, 0.3) is 0 Å². The molecule has 1 aromatic rings. The molecule has 5 heteroatoms. The van der Waals surface area contributed by atoms with E-state index in [1.165, 1.54) is 6.07 Å². The van der Waals surface area contributed by atoms with Crippen molar-refractivity contribution in [3.8, 4) is 17.6 Å². The van der Waals surface area contributed by atoms with Crippen LogP contribution in [0.1, 0.15) is 5.56 Å². The van der Waals surface area contributed by atoms with E-state index in [9.17, 15) is 8.78 Å². The maximum atomic E-state index is 12.6.